The minimum atomic E-state index is -5.08. The third-order valence-corrected chi connectivity index (χ3v) is 4.92. The Labute approximate surface area is 174 Å². The molecule has 0 radical (unpaired) electrons. The van der Waals surface area contributed by atoms with Gasteiger partial charge in [-0.25, -0.2) is 14.2 Å². The average molecular weight is 447 g/mol. The molecule has 8 nitrogen and oxygen atoms in total. The van der Waals surface area contributed by atoms with Gasteiger partial charge in [0, 0.05) is 31.4 Å². The molecule has 3 heterocycles. The van der Waals surface area contributed by atoms with Gasteiger partial charge in [0.15, 0.2) is 5.82 Å². The number of carboxylic acids is 1. The van der Waals surface area contributed by atoms with E-state index >= 15 is 0 Å². The molecule has 3 atom stereocenters. The first-order valence-electron chi connectivity index (χ1n) is 9.50. The highest BCUT2D eigenvalue weighted by Crippen LogP contribution is 2.33. The van der Waals surface area contributed by atoms with Crippen molar-refractivity contribution < 1.29 is 41.5 Å². The lowest BCUT2D eigenvalue weighted by atomic mass is 10.1. The molecule has 0 aromatic carbocycles. The Balaban J connectivity index is 0.000000339. The van der Waals surface area contributed by atoms with Gasteiger partial charge in [0.1, 0.15) is 18.0 Å². The van der Waals surface area contributed by atoms with Gasteiger partial charge in [-0.3, -0.25) is 4.90 Å². The van der Waals surface area contributed by atoms with E-state index in [1.165, 1.54) is 12.3 Å². The van der Waals surface area contributed by atoms with Gasteiger partial charge in [0.25, 0.3) is 5.88 Å². The van der Waals surface area contributed by atoms with Gasteiger partial charge in [-0.2, -0.15) is 13.2 Å². The number of morpholine rings is 1. The number of hydrogen-bond donors (Lipinski definition) is 1. The summed E-state index contributed by atoms with van der Waals surface area (Å²) in [6.07, 6.45) is -2.04. The Morgan fingerprint density at radius 2 is 2.13 bits per heavy atom. The fourth-order valence-electron chi connectivity index (χ4n) is 3.62. The van der Waals surface area contributed by atoms with E-state index in [2.05, 4.69) is 15.0 Å². The molecule has 1 aliphatic heterocycles. The molecule has 2 aliphatic rings. The summed E-state index contributed by atoms with van der Waals surface area (Å²) >= 11 is 0. The number of nitrogens with zero attached hydrogens (tertiary/aromatic N) is 3. The van der Waals surface area contributed by atoms with Crippen LogP contribution in [0.4, 0.5) is 17.6 Å². The minimum absolute atomic E-state index is 0.0519. The van der Waals surface area contributed by atoms with Crippen LogP contribution >= 0.6 is 0 Å². The smallest absolute Gasteiger partial charge is 0.475 e. The first kappa shape index (κ1) is 22.9. The van der Waals surface area contributed by atoms with Crippen molar-refractivity contribution in [2.75, 3.05) is 13.2 Å². The third kappa shape index (κ3) is 5.91. The molecule has 1 saturated heterocycles. The molecule has 1 saturated carbocycles. The van der Waals surface area contributed by atoms with Crippen molar-refractivity contribution in [1.82, 2.24) is 15.0 Å². The van der Waals surface area contributed by atoms with Crippen molar-refractivity contribution in [2.24, 2.45) is 0 Å². The van der Waals surface area contributed by atoms with Gasteiger partial charge < -0.3 is 19.1 Å². The summed E-state index contributed by atoms with van der Waals surface area (Å²) in [7, 11) is 0. The summed E-state index contributed by atoms with van der Waals surface area (Å²) in [5.41, 5.74) is 0.924. The van der Waals surface area contributed by atoms with E-state index in [-0.39, 0.29) is 24.1 Å². The number of carbonyl (C=O) groups is 1. The summed E-state index contributed by atoms with van der Waals surface area (Å²) in [4.78, 5) is 15.2. The molecular formula is C19H21F4N3O5. The summed E-state index contributed by atoms with van der Waals surface area (Å²) in [6.45, 7) is 4.09. The average Bonchev–Trinajstić information content (AvgIpc) is 3.30. The molecule has 2 aromatic rings. The van der Waals surface area contributed by atoms with Gasteiger partial charge in [0.05, 0.1) is 12.3 Å². The van der Waals surface area contributed by atoms with Gasteiger partial charge in [0.2, 0.25) is 0 Å². The maximum Gasteiger partial charge on any atom is 0.490 e. The number of carboxylic acid groups (broad SMARTS) is 1. The number of rotatable bonds is 4. The summed E-state index contributed by atoms with van der Waals surface area (Å²) in [6, 6.07) is 5.11. The van der Waals surface area contributed by atoms with Crippen molar-refractivity contribution in [1.29, 1.82) is 0 Å². The second kappa shape index (κ2) is 9.60. The van der Waals surface area contributed by atoms with Crippen LogP contribution in [0, 0.1) is 12.7 Å². The molecule has 4 rings (SSSR count). The van der Waals surface area contributed by atoms with Crippen molar-refractivity contribution in [3.63, 3.8) is 0 Å². The van der Waals surface area contributed by atoms with E-state index in [0.717, 1.165) is 37.4 Å². The summed E-state index contributed by atoms with van der Waals surface area (Å²) < 4.78 is 62.4. The first-order valence-corrected chi connectivity index (χ1v) is 9.50. The molecule has 31 heavy (non-hydrogen) atoms. The number of hydrogen-bond acceptors (Lipinski definition) is 7. The van der Waals surface area contributed by atoms with Crippen LogP contribution in [0.3, 0.4) is 0 Å². The van der Waals surface area contributed by atoms with Crippen LogP contribution in [0.25, 0.3) is 0 Å². The Bertz CT molecular complexity index is 891. The lowest BCUT2D eigenvalue weighted by Crippen LogP contribution is -2.51. The standard InChI is InChI=1S/C17H20FN3O3.C2HF3O2/c1-11-9-12(20-24-11)10-21-7-8-22-16-14(21)4-5-15(16)23-17-13(18)3-2-6-19-17;3-2(4,5)1(6)7/h2-3,6,9,14-16H,4-5,7-8,10H2,1H3;(H,6,7)/t14-,15-,16+;/m0./s1. The fourth-order valence-corrected chi connectivity index (χ4v) is 3.62. The van der Waals surface area contributed by atoms with Crippen molar-refractivity contribution >= 4 is 5.97 Å². The number of alkyl halides is 3. The number of ether oxygens (including phenoxy) is 2. The number of fused-ring (bicyclic) bond motifs is 1. The zero-order valence-electron chi connectivity index (χ0n) is 16.5. The van der Waals surface area contributed by atoms with Crippen LogP contribution < -0.4 is 4.74 Å². The van der Waals surface area contributed by atoms with Gasteiger partial charge in [-0.15, -0.1) is 0 Å². The van der Waals surface area contributed by atoms with Crippen LogP contribution in [0.1, 0.15) is 24.3 Å². The monoisotopic (exact) mass is 447 g/mol. The van der Waals surface area contributed by atoms with E-state index < -0.39 is 18.0 Å². The quantitative estimate of drug-likeness (QED) is 0.715. The topological polar surface area (TPSA) is 97.9 Å². The zero-order chi connectivity index (χ0) is 22.6. The van der Waals surface area contributed by atoms with Gasteiger partial charge >= 0.3 is 12.1 Å². The van der Waals surface area contributed by atoms with Crippen LogP contribution in [-0.2, 0) is 16.1 Å². The molecule has 0 amide bonds. The highest BCUT2D eigenvalue weighted by atomic mass is 19.4. The van der Waals surface area contributed by atoms with Gasteiger partial charge in [-0.05, 0) is 31.9 Å². The second-order valence-corrected chi connectivity index (χ2v) is 7.13. The molecule has 2 aromatic heterocycles. The normalized spacial score (nSPS) is 23.6. The highest BCUT2D eigenvalue weighted by Gasteiger charge is 2.44. The Hall–Kier alpha value is -2.73. The zero-order valence-corrected chi connectivity index (χ0v) is 16.5. The van der Waals surface area contributed by atoms with Crippen LogP contribution in [0.15, 0.2) is 28.9 Å². The fraction of sp³-hybridized carbons (Fsp3) is 0.526. The highest BCUT2D eigenvalue weighted by molar-refractivity contribution is 5.73. The maximum absolute atomic E-state index is 13.8. The van der Waals surface area contributed by atoms with Gasteiger partial charge in [-0.1, -0.05) is 5.16 Å². The second-order valence-electron chi connectivity index (χ2n) is 7.13. The predicted molar refractivity (Wildman–Crippen MR) is 96.7 cm³/mol. The summed E-state index contributed by atoms with van der Waals surface area (Å²) in [5.74, 6) is -2.33. The van der Waals surface area contributed by atoms with E-state index in [4.69, 9.17) is 23.9 Å². The molecule has 1 aliphatic carbocycles. The molecule has 0 bridgehead atoms. The van der Waals surface area contributed by atoms with E-state index in [1.54, 1.807) is 6.07 Å². The number of pyridine rings is 1. The predicted octanol–water partition coefficient (Wildman–Crippen LogP) is 2.96. The molecular weight excluding hydrogens is 426 g/mol. The van der Waals surface area contributed by atoms with Crippen LogP contribution in [0.2, 0.25) is 0 Å². The van der Waals surface area contributed by atoms with Crippen molar-refractivity contribution in [3.05, 3.63) is 41.7 Å². The number of aliphatic carboxylic acids is 1. The van der Waals surface area contributed by atoms with Crippen molar-refractivity contribution in [2.45, 2.75) is 50.7 Å². The third-order valence-electron chi connectivity index (χ3n) is 4.92. The van der Waals surface area contributed by atoms with E-state index in [0.29, 0.717) is 6.61 Å². The van der Waals surface area contributed by atoms with Crippen molar-refractivity contribution in [3.8, 4) is 5.88 Å². The summed E-state index contributed by atoms with van der Waals surface area (Å²) in [5, 5.41) is 11.2. The number of aryl methyl sites for hydroxylation is 1. The largest absolute Gasteiger partial charge is 0.490 e. The van der Waals surface area contributed by atoms with Crippen LogP contribution in [0.5, 0.6) is 5.88 Å². The van der Waals surface area contributed by atoms with Crippen LogP contribution in [-0.4, -0.2) is 63.7 Å². The minimum Gasteiger partial charge on any atom is -0.475 e. The number of aromatic nitrogens is 2. The lowest BCUT2D eigenvalue weighted by molar-refractivity contribution is -0.192. The Morgan fingerprint density at radius 3 is 2.74 bits per heavy atom. The lowest BCUT2D eigenvalue weighted by Gasteiger charge is -2.38. The molecule has 1 N–H and O–H groups in total. The van der Waals surface area contributed by atoms with E-state index in [9.17, 15) is 17.6 Å². The number of halogens is 4. The Kier molecular flexibility index (Phi) is 7.11. The molecule has 12 heteroatoms. The Morgan fingerprint density at radius 1 is 1.39 bits per heavy atom. The van der Waals surface area contributed by atoms with E-state index in [1.807, 2.05) is 13.0 Å². The molecule has 0 spiro atoms. The molecule has 0 unspecified atom stereocenters. The molecule has 170 valence electrons. The first-order chi connectivity index (χ1) is 14.6. The maximum atomic E-state index is 13.8. The molecule has 2 fully saturated rings. The SMILES string of the molecule is Cc1cc(CN2CCO[C@H]3[C@@H](Oc4ncccc4F)CC[C@@H]32)no1.O=C(O)C(F)(F)F.